The van der Waals surface area contributed by atoms with E-state index in [2.05, 4.69) is 24.0 Å². The molecule has 2 saturated heterocycles. The summed E-state index contributed by atoms with van der Waals surface area (Å²) in [5.74, 6) is 1.32. The van der Waals surface area contributed by atoms with Crippen LogP contribution >= 0.6 is 11.8 Å². The number of amides is 1. The number of nitrogens with zero attached hydrogens (tertiary/aromatic N) is 1. The standard InChI is InChI=1S/C18H34N2O2S/c1-14(19-13-16-9-5-6-11-23-16)12-15-8-7-10-20(15)17(21)22-18(2,3)4/h14-16,19H,5-13H2,1-4H3. The fraction of sp³-hybridized carbons (Fsp3) is 0.944. The summed E-state index contributed by atoms with van der Waals surface area (Å²) < 4.78 is 5.55. The van der Waals surface area contributed by atoms with Crippen LogP contribution in [0.1, 0.15) is 66.2 Å². The van der Waals surface area contributed by atoms with Crippen LogP contribution in [-0.2, 0) is 4.74 Å². The number of nitrogens with one attached hydrogen (secondary N) is 1. The van der Waals surface area contributed by atoms with Gasteiger partial charge >= 0.3 is 6.09 Å². The van der Waals surface area contributed by atoms with Gasteiger partial charge in [-0.3, -0.25) is 0 Å². The van der Waals surface area contributed by atoms with Crippen LogP contribution < -0.4 is 5.32 Å². The second-order valence-corrected chi connectivity index (χ2v) is 9.41. The lowest BCUT2D eigenvalue weighted by atomic mass is 10.1. The topological polar surface area (TPSA) is 41.6 Å². The van der Waals surface area contributed by atoms with Crippen molar-refractivity contribution in [3.8, 4) is 0 Å². The molecule has 23 heavy (non-hydrogen) atoms. The van der Waals surface area contributed by atoms with Crippen LogP contribution in [0.15, 0.2) is 0 Å². The molecular formula is C18H34N2O2S. The minimum Gasteiger partial charge on any atom is -0.444 e. The average molecular weight is 343 g/mol. The lowest BCUT2D eigenvalue weighted by Gasteiger charge is -2.30. The molecule has 3 unspecified atom stereocenters. The molecular weight excluding hydrogens is 308 g/mol. The molecule has 2 heterocycles. The summed E-state index contributed by atoms with van der Waals surface area (Å²) in [4.78, 5) is 14.3. The second-order valence-electron chi connectivity index (χ2n) is 8.00. The van der Waals surface area contributed by atoms with Crippen molar-refractivity contribution < 1.29 is 9.53 Å². The lowest BCUT2D eigenvalue weighted by molar-refractivity contribution is 0.0214. The zero-order chi connectivity index (χ0) is 16.9. The van der Waals surface area contributed by atoms with Crippen LogP contribution in [0.25, 0.3) is 0 Å². The van der Waals surface area contributed by atoms with Gasteiger partial charge in [-0.15, -0.1) is 0 Å². The van der Waals surface area contributed by atoms with Crippen molar-refractivity contribution in [1.29, 1.82) is 0 Å². The molecule has 0 spiro atoms. The molecule has 0 aromatic carbocycles. The van der Waals surface area contributed by atoms with Gasteiger partial charge in [0.1, 0.15) is 5.60 Å². The Morgan fingerprint density at radius 1 is 1.30 bits per heavy atom. The van der Waals surface area contributed by atoms with Gasteiger partial charge in [0.05, 0.1) is 0 Å². The molecule has 0 aromatic rings. The quantitative estimate of drug-likeness (QED) is 0.819. The maximum Gasteiger partial charge on any atom is 0.410 e. The Hall–Kier alpha value is -0.420. The van der Waals surface area contributed by atoms with Crippen molar-refractivity contribution in [2.24, 2.45) is 0 Å². The Morgan fingerprint density at radius 3 is 2.74 bits per heavy atom. The Labute approximate surface area is 146 Å². The van der Waals surface area contributed by atoms with Crippen molar-refractivity contribution in [1.82, 2.24) is 10.2 Å². The van der Waals surface area contributed by atoms with Gasteiger partial charge in [0.15, 0.2) is 0 Å². The maximum atomic E-state index is 12.3. The first-order valence-corrected chi connectivity index (χ1v) is 10.2. The summed E-state index contributed by atoms with van der Waals surface area (Å²) in [5, 5.41) is 4.46. The molecule has 2 aliphatic heterocycles. The van der Waals surface area contributed by atoms with E-state index >= 15 is 0 Å². The fourth-order valence-corrected chi connectivity index (χ4v) is 4.69. The van der Waals surface area contributed by atoms with Gasteiger partial charge in [-0.25, -0.2) is 4.79 Å². The highest BCUT2D eigenvalue weighted by molar-refractivity contribution is 7.99. The highest BCUT2D eigenvalue weighted by Crippen LogP contribution is 2.26. The van der Waals surface area contributed by atoms with Crippen LogP contribution in [0, 0.1) is 0 Å². The Balaban J connectivity index is 1.75. The first-order valence-electron chi connectivity index (χ1n) is 9.20. The molecule has 0 bridgehead atoms. The molecule has 134 valence electrons. The number of hydrogen-bond acceptors (Lipinski definition) is 4. The van der Waals surface area contributed by atoms with E-state index in [4.69, 9.17) is 4.74 Å². The smallest absolute Gasteiger partial charge is 0.410 e. The highest BCUT2D eigenvalue weighted by Gasteiger charge is 2.32. The largest absolute Gasteiger partial charge is 0.444 e. The number of ether oxygens (including phenoxy) is 1. The molecule has 2 fully saturated rings. The van der Waals surface area contributed by atoms with E-state index in [1.807, 2.05) is 25.7 Å². The monoisotopic (exact) mass is 342 g/mol. The average Bonchev–Trinajstić information content (AvgIpc) is 2.93. The Kier molecular flexibility index (Phi) is 7.08. The third-order valence-corrected chi connectivity index (χ3v) is 6.00. The van der Waals surface area contributed by atoms with Crippen LogP contribution in [0.4, 0.5) is 4.79 Å². The number of thioether (sulfide) groups is 1. The summed E-state index contributed by atoms with van der Waals surface area (Å²) in [5.41, 5.74) is -0.410. The SMILES string of the molecule is CC(CC1CCCN1C(=O)OC(C)(C)C)NCC1CCCCS1. The molecule has 4 nitrogen and oxygen atoms in total. The molecule has 0 saturated carbocycles. The summed E-state index contributed by atoms with van der Waals surface area (Å²) in [6, 6.07) is 0.775. The number of carbonyl (C=O) groups excluding carboxylic acids is 1. The van der Waals surface area contributed by atoms with E-state index in [-0.39, 0.29) is 6.09 Å². The normalized spacial score (nSPS) is 27.0. The van der Waals surface area contributed by atoms with Crippen LogP contribution in [0.3, 0.4) is 0 Å². The van der Waals surface area contributed by atoms with Crippen LogP contribution in [0.5, 0.6) is 0 Å². The van der Waals surface area contributed by atoms with Gasteiger partial charge in [-0.2, -0.15) is 11.8 Å². The predicted octanol–water partition coefficient (Wildman–Crippen LogP) is 4.04. The minimum atomic E-state index is -0.410. The fourth-order valence-electron chi connectivity index (χ4n) is 3.43. The summed E-state index contributed by atoms with van der Waals surface area (Å²) in [6.07, 6.45) is 7.18. The number of carbonyl (C=O) groups is 1. The van der Waals surface area contributed by atoms with Gasteiger partial charge in [-0.1, -0.05) is 6.42 Å². The molecule has 2 rings (SSSR count). The summed E-state index contributed by atoms with van der Waals surface area (Å²) in [6.45, 7) is 9.99. The van der Waals surface area contributed by atoms with Crippen molar-refractivity contribution >= 4 is 17.9 Å². The van der Waals surface area contributed by atoms with Crippen molar-refractivity contribution in [3.05, 3.63) is 0 Å². The van der Waals surface area contributed by atoms with Crippen LogP contribution in [-0.4, -0.2) is 52.8 Å². The van der Waals surface area contributed by atoms with Gasteiger partial charge in [0, 0.05) is 30.4 Å². The van der Waals surface area contributed by atoms with E-state index in [1.165, 1.54) is 25.0 Å². The van der Waals surface area contributed by atoms with Gasteiger partial charge in [0.25, 0.3) is 0 Å². The Morgan fingerprint density at radius 2 is 2.09 bits per heavy atom. The minimum absolute atomic E-state index is 0.143. The third kappa shape index (κ3) is 6.54. The van der Waals surface area contributed by atoms with E-state index < -0.39 is 5.60 Å². The third-order valence-electron chi connectivity index (χ3n) is 4.60. The van der Waals surface area contributed by atoms with E-state index in [1.54, 1.807) is 0 Å². The summed E-state index contributed by atoms with van der Waals surface area (Å²) in [7, 11) is 0. The van der Waals surface area contributed by atoms with Gasteiger partial charge < -0.3 is 15.0 Å². The molecule has 3 atom stereocenters. The van der Waals surface area contributed by atoms with E-state index in [0.29, 0.717) is 12.1 Å². The number of hydrogen-bond donors (Lipinski definition) is 1. The first kappa shape index (κ1) is 18.9. The molecule has 0 aliphatic carbocycles. The van der Waals surface area contributed by atoms with Crippen molar-refractivity contribution in [3.63, 3.8) is 0 Å². The van der Waals surface area contributed by atoms with Crippen LogP contribution in [0.2, 0.25) is 0 Å². The molecule has 1 N–H and O–H groups in total. The lowest BCUT2D eigenvalue weighted by Crippen LogP contribution is -2.43. The van der Waals surface area contributed by atoms with Crippen molar-refractivity contribution in [2.45, 2.75) is 89.2 Å². The van der Waals surface area contributed by atoms with Gasteiger partial charge in [0.2, 0.25) is 0 Å². The molecule has 0 aromatic heterocycles. The highest BCUT2D eigenvalue weighted by atomic mass is 32.2. The molecule has 1 amide bonds. The zero-order valence-corrected chi connectivity index (χ0v) is 16.1. The summed E-state index contributed by atoms with van der Waals surface area (Å²) >= 11 is 2.11. The van der Waals surface area contributed by atoms with E-state index in [0.717, 1.165) is 37.6 Å². The number of rotatable bonds is 5. The zero-order valence-electron chi connectivity index (χ0n) is 15.3. The molecule has 2 aliphatic rings. The first-order chi connectivity index (χ1) is 10.8. The van der Waals surface area contributed by atoms with Crippen molar-refractivity contribution in [2.75, 3.05) is 18.8 Å². The molecule has 5 heteroatoms. The van der Waals surface area contributed by atoms with E-state index in [9.17, 15) is 4.79 Å². The number of likely N-dealkylation sites (tertiary alicyclic amines) is 1. The molecule has 0 radical (unpaired) electrons. The predicted molar refractivity (Wildman–Crippen MR) is 98.1 cm³/mol. The van der Waals surface area contributed by atoms with Gasteiger partial charge in [-0.05, 0) is 65.6 Å². The Bertz CT molecular complexity index is 378. The second kappa shape index (κ2) is 8.61. The maximum absolute atomic E-state index is 12.3.